The highest BCUT2D eigenvalue weighted by Crippen LogP contribution is 2.35. The topological polar surface area (TPSA) is 102 Å². The number of allylic oxidation sites excluding steroid dienone is 1. The Labute approximate surface area is 173 Å². The lowest BCUT2D eigenvalue weighted by molar-refractivity contribution is -0.0572. The van der Waals surface area contributed by atoms with Gasteiger partial charge in [0.15, 0.2) is 11.5 Å². The Hall–Kier alpha value is -3.95. The number of aliphatic imine (C=N–C) groups is 1. The quantitative estimate of drug-likeness (QED) is 0.430. The molecule has 1 aromatic heterocycles. The van der Waals surface area contributed by atoms with Crippen molar-refractivity contribution in [3.05, 3.63) is 77.4 Å². The van der Waals surface area contributed by atoms with Gasteiger partial charge in [0, 0.05) is 11.8 Å². The van der Waals surface area contributed by atoms with Crippen LogP contribution in [-0.2, 0) is 0 Å². The van der Waals surface area contributed by atoms with Crippen LogP contribution in [0, 0.1) is 12.7 Å². The first-order valence-corrected chi connectivity index (χ1v) is 8.76. The van der Waals surface area contributed by atoms with Crippen molar-refractivity contribution in [3.63, 3.8) is 0 Å². The predicted octanol–water partition coefficient (Wildman–Crippen LogP) is 5.12. The molecule has 0 saturated heterocycles. The molecule has 1 heterocycles. The average molecular weight is 433 g/mol. The molecule has 160 valence electrons. The number of hydrogen-bond donors (Lipinski definition) is 2. The van der Waals surface area contributed by atoms with Gasteiger partial charge in [-0.05, 0) is 31.2 Å². The molecule has 10 heteroatoms. The van der Waals surface area contributed by atoms with Crippen molar-refractivity contribution < 1.29 is 32.0 Å². The zero-order valence-corrected chi connectivity index (χ0v) is 15.9. The number of halogens is 4. The standard InChI is InChI=1S/C21H15F4N3O3/c1-11-4-2-5-12(8-11)17-16(20(29)30)18(31-28-17)15(10-26)19(21(23,24)25)27-14-7-3-6-13(22)9-14/h2-10H,26H2,1H3,(H,29,30). The highest BCUT2D eigenvalue weighted by atomic mass is 19.4. The predicted molar refractivity (Wildman–Crippen MR) is 105 cm³/mol. The van der Waals surface area contributed by atoms with Gasteiger partial charge in [0.05, 0.1) is 11.3 Å². The summed E-state index contributed by atoms with van der Waals surface area (Å²) in [5.41, 5.74) is 3.00. The third kappa shape index (κ3) is 4.63. The van der Waals surface area contributed by atoms with E-state index in [2.05, 4.69) is 10.1 Å². The summed E-state index contributed by atoms with van der Waals surface area (Å²) in [6.07, 6.45) is -4.54. The minimum Gasteiger partial charge on any atom is -0.477 e. The van der Waals surface area contributed by atoms with Crippen molar-refractivity contribution >= 4 is 22.9 Å². The van der Waals surface area contributed by atoms with Crippen LogP contribution in [0.4, 0.5) is 23.2 Å². The molecular weight excluding hydrogens is 418 g/mol. The molecule has 0 fully saturated rings. The maximum atomic E-state index is 13.8. The fourth-order valence-corrected chi connectivity index (χ4v) is 2.88. The zero-order chi connectivity index (χ0) is 22.8. The number of aromatic nitrogens is 1. The first-order valence-electron chi connectivity index (χ1n) is 8.76. The number of carbonyl (C=O) groups is 1. The van der Waals surface area contributed by atoms with Gasteiger partial charge in [-0.15, -0.1) is 0 Å². The Morgan fingerprint density at radius 3 is 2.48 bits per heavy atom. The van der Waals surface area contributed by atoms with E-state index in [9.17, 15) is 27.5 Å². The molecule has 2 aromatic carbocycles. The van der Waals surface area contributed by atoms with E-state index in [0.29, 0.717) is 11.8 Å². The van der Waals surface area contributed by atoms with Crippen LogP contribution in [0.15, 0.2) is 64.2 Å². The highest BCUT2D eigenvalue weighted by molar-refractivity contribution is 6.28. The Morgan fingerprint density at radius 1 is 1.19 bits per heavy atom. The highest BCUT2D eigenvalue weighted by Gasteiger charge is 2.42. The van der Waals surface area contributed by atoms with Crippen molar-refractivity contribution in [3.8, 4) is 11.3 Å². The molecule has 0 aliphatic heterocycles. The third-order valence-electron chi connectivity index (χ3n) is 4.18. The lowest BCUT2D eigenvalue weighted by Gasteiger charge is -2.13. The van der Waals surface area contributed by atoms with E-state index in [1.165, 1.54) is 6.07 Å². The Balaban J connectivity index is 2.22. The monoisotopic (exact) mass is 433 g/mol. The van der Waals surface area contributed by atoms with E-state index >= 15 is 0 Å². The smallest absolute Gasteiger partial charge is 0.434 e. The summed E-state index contributed by atoms with van der Waals surface area (Å²) < 4.78 is 59.9. The van der Waals surface area contributed by atoms with Crippen LogP contribution in [0.2, 0.25) is 0 Å². The molecular formula is C21H15F4N3O3. The number of nitrogens with zero attached hydrogens (tertiary/aromatic N) is 2. The van der Waals surface area contributed by atoms with Crippen LogP contribution < -0.4 is 5.73 Å². The van der Waals surface area contributed by atoms with Crippen molar-refractivity contribution in [1.29, 1.82) is 0 Å². The number of aromatic carboxylic acids is 1. The summed E-state index contributed by atoms with van der Waals surface area (Å²) in [7, 11) is 0. The number of carboxylic acids is 1. The second kappa shape index (κ2) is 8.42. The van der Waals surface area contributed by atoms with Crippen LogP contribution in [0.5, 0.6) is 0 Å². The number of alkyl halides is 3. The molecule has 0 unspecified atom stereocenters. The van der Waals surface area contributed by atoms with E-state index in [0.717, 1.165) is 23.8 Å². The summed E-state index contributed by atoms with van der Waals surface area (Å²) in [5, 5.41) is 13.4. The van der Waals surface area contributed by atoms with Gasteiger partial charge < -0.3 is 15.4 Å². The van der Waals surface area contributed by atoms with Crippen LogP contribution in [-0.4, -0.2) is 28.1 Å². The van der Waals surface area contributed by atoms with Gasteiger partial charge in [-0.1, -0.05) is 35.0 Å². The summed E-state index contributed by atoms with van der Waals surface area (Å²) >= 11 is 0. The van der Waals surface area contributed by atoms with E-state index in [-0.39, 0.29) is 11.4 Å². The van der Waals surface area contributed by atoms with E-state index in [1.807, 2.05) is 0 Å². The third-order valence-corrected chi connectivity index (χ3v) is 4.18. The molecule has 0 atom stereocenters. The molecule has 0 aliphatic carbocycles. The molecule has 31 heavy (non-hydrogen) atoms. The maximum absolute atomic E-state index is 13.8. The molecule has 3 aromatic rings. The zero-order valence-electron chi connectivity index (χ0n) is 15.9. The van der Waals surface area contributed by atoms with Gasteiger partial charge in [-0.25, -0.2) is 14.2 Å². The van der Waals surface area contributed by atoms with Crippen LogP contribution in [0.1, 0.15) is 21.7 Å². The second-order valence-corrected chi connectivity index (χ2v) is 6.43. The molecule has 0 amide bonds. The van der Waals surface area contributed by atoms with Gasteiger partial charge in [-0.3, -0.25) is 0 Å². The van der Waals surface area contributed by atoms with Gasteiger partial charge in [0.2, 0.25) is 0 Å². The van der Waals surface area contributed by atoms with E-state index < -0.39 is 40.6 Å². The van der Waals surface area contributed by atoms with Crippen LogP contribution >= 0.6 is 0 Å². The molecule has 3 N–H and O–H groups in total. The van der Waals surface area contributed by atoms with Crippen molar-refractivity contribution in [2.45, 2.75) is 13.1 Å². The van der Waals surface area contributed by atoms with Gasteiger partial charge >= 0.3 is 12.1 Å². The summed E-state index contributed by atoms with van der Waals surface area (Å²) in [6, 6.07) is 10.7. The number of benzene rings is 2. The fraction of sp³-hybridized carbons (Fsp3) is 0.0952. The van der Waals surface area contributed by atoms with E-state index in [4.69, 9.17) is 10.3 Å². The molecule has 6 nitrogen and oxygen atoms in total. The molecule has 0 saturated carbocycles. The Bertz CT molecular complexity index is 1200. The van der Waals surface area contributed by atoms with Crippen LogP contribution in [0.25, 0.3) is 16.8 Å². The van der Waals surface area contributed by atoms with Gasteiger partial charge in [0.1, 0.15) is 17.1 Å². The number of hydrogen-bond acceptors (Lipinski definition) is 5. The van der Waals surface area contributed by atoms with Crippen molar-refractivity contribution in [2.24, 2.45) is 10.7 Å². The second-order valence-electron chi connectivity index (χ2n) is 6.43. The normalized spacial score (nSPS) is 12.8. The number of carboxylic acid groups (broad SMARTS) is 1. The number of aryl methyl sites for hydroxylation is 1. The average Bonchev–Trinajstić information content (AvgIpc) is 3.12. The lowest BCUT2D eigenvalue weighted by atomic mass is 9.99. The number of rotatable bonds is 5. The van der Waals surface area contributed by atoms with Crippen LogP contribution in [0.3, 0.4) is 0 Å². The molecule has 3 rings (SSSR count). The minimum absolute atomic E-state index is 0.169. The largest absolute Gasteiger partial charge is 0.477 e. The Kier molecular flexibility index (Phi) is 5.91. The Morgan fingerprint density at radius 2 is 1.90 bits per heavy atom. The molecule has 0 bridgehead atoms. The summed E-state index contributed by atoms with van der Waals surface area (Å²) in [4.78, 5) is 15.4. The summed E-state index contributed by atoms with van der Waals surface area (Å²) in [5.74, 6) is -3.09. The SMILES string of the molecule is Cc1cccc(-c2noc(C(=CN)C(=Nc3cccc(F)c3)C(F)(F)F)c2C(=O)O)c1. The van der Waals surface area contributed by atoms with Crippen molar-refractivity contribution in [2.75, 3.05) is 0 Å². The van der Waals surface area contributed by atoms with Crippen molar-refractivity contribution in [1.82, 2.24) is 5.16 Å². The van der Waals surface area contributed by atoms with E-state index in [1.54, 1.807) is 31.2 Å². The first-order chi connectivity index (χ1) is 14.6. The molecule has 0 radical (unpaired) electrons. The summed E-state index contributed by atoms with van der Waals surface area (Å²) in [6.45, 7) is 1.75. The number of nitrogens with two attached hydrogens (primary N) is 1. The van der Waals surface area contributed by atoms with Gasteiger partial charge in [0.25, 0.3) is 0 Å². The first kappa shape index (κ1) is 21.8. The fourth-order valence-electron chi connectivity index (χ4n) is 2.88. The molecule has 0 spiro atoms. The molecule has 0 aliphatic rings. The minimum atomic E-state index is -5.07. The maximum Gasteiger partial charge on any atom is 0.434 e. The van der Waals surface area contributed by atoms with Gasteiger partial charge in [-0.2, -0.15) is 13.2 Å². The lowest BCUT2D eigenvalue weighted by Crippen LogP contribution is -2.25.